The van der Waals surface area contributed by atoms with E-state index >= 15 is 0 Å². The molecule has 2 aromatic carbocycles. The van der Waals surface area contributed by atoms with E-state index in [9.17, 15) is 4.39 Å². The Hall–Kier alpha value is -2.36. The lowest BCUT2D eigenvalue weighted by Gasteiger charge is -1.97. The lowest BCUT2D eigenvalue weighted by molar-refractivity contribution is 0.415. The predicted octanol–water partition coefficient (Wildman–Crippen LogP) is 3.38. The van der Waals surface area contributed by atoms with Crippen LogP contribution in [-0.2, 0) is 0 Å². The number of methoxy groups -OCH3 is 1. The summed E-state index contributed by atoms with van der Waals surface area (Å²) in [6, 6.07) is 12.1. The number of nitrogens with zero attached hydrogens (tertiary/aromatic N) is 1. The number of imidazole rings is 1. The Morgan fingerprint density at radius 1 is 1.17 bits per heavy atom. The summed E-state index contributed by atoms with van der Waals surface area (Å²) in [6.07, 6.45) is 0. The highest BCUT2D eigenvalue weighted by Crippen LogP contribution is 2.25. The standard InChI is InChI=1S/C14H11FN2O/c1-18-9-6-7-12-13(8-9)17-14(16-12)10-4-2-3-5-11(10)15/h2-8H,1H3,(H,16,17). The lowest BCUT2D eigenvalue weighted by atomic mass is 10.2. The summed E-state index contributed by atoms with van der Waals surface area (Å²) >= 11 is 0. The minimum absolute atomic E-state index is 0.288. The average Bonchev–Trinajstić information content (AvgIpc) is 2.81. The van der Waals surface area contributed by atoms with Gasteiger partial charge in [0.15, 0.2) is 0 Å². The van der Waals surface area contributed by atoms with Gasteiger partial charge in [-0.1, -0.05) is 12.1 Å². The number of fused-ring (bicyclic) bond motifs is 1. The molecule has 0 amide bonds. The van der Waals surface area contributed by atoms with Crippen LogP contribution >= 0.6 is 0 Å². The zero-order valence-corrected chi connectivity index (χ0v) is 9.77. The SMILES string of the molecule is COc1ccc2nc(-c3ccccc3F)[nH]c2c1. The van der Waals surface area contributed by atoms with Crippen LogP contribution in [0.3, 0.4) is 0 Å². The molecule has 0 bridgehead atoms. The van der Waals surface area contributed by atoms with Crippen molar-refractivity contribution < 1.29 is 9.13 Å². The van der Waals surface area contributed by atoms with Crippen LogP contribution in [0.5, 0.6) is 5.75 Å². The first-order valence-corrected chi connectivity index (χ1v) is 5.56. The number of aromatic amines is 1. The van der Waals surface area contributed by atoms with Crippen LogP contribution in [0.25, 0.3) is 22.4 Å². The van der Waals surface area contributed by atoms with Gasteiger partial charge in [-0.15, -0.1) is 0 Å². The molecular weight excluding hydrogens is 231 g/mol. The van der Waals surface area contributed by atoms with Gasteiger partial charge < -0.3 is 9.72 Å². The van der Waals surface area contributed by atoms with E-state index in [-0.39, 0.29) is 5.82 Å². The van der Waals surface area contributed by atoms with Gasteiger partial charge >= 0.3 is 0 Å². The maximum absolute atomic E-state index is 13.7. The van der Waals surface area contributed by atoms with Gasteiger partial charge in [-0.05, 0) is 24.3 Å². The summed E-state index contributed by atoms with van der Waals surface area (Å²) in [5.74, 6) is 0.978. The minimum Gasteiger partial charge on any atom is -0.497 e. The number of rotatable bonds is 2. The minimum atomic E-state index is -0.288. The van der Waals surface area contributed by atoms with Gasteiger partial charge in [-0.2, -0.15) is 0 Å². The van der Waals surface area contributed by atoms with E-state index in [1.165, 1.54) is 6.07 Å². The zero-order valence-electron chi connectivity index (χ0n) is 9.77. The van der Waals surface area contributed by atoms with E-state index in [2.05, 4.69) is 9.97 Å². The molecular formula is C14H11FN2O. The second-order valence-electron chi connectivity index (χ2n) is 3.95. The van der Waals surface area contributed by atoms with Crippen molar-refractivity contribution >= 4 is 11.0 Å². The molecule has 1 heterocycles. The van der Waals surface area contributed by atoms with E-state index in [0.29, 0.717) is 11.4 Å². The number of halogens is 1. The summed E-state index contributed by atoms with van der Waals surface area (Å²) in [5.41, 5.74) is 2.08. The van der Waals surface area contributed by atoms with Crippen molar-refractivity contribution in [3.8, 4) is 17.1 Å². The summed E-state index contributed by atoms with van der Waals surface area (Å²) in [7, 11) is 1.61. The van der Waals surface area contributed by atoms with Crippen LogP contribution < -0.4 is 4.74 Å². The van der Waals surface area contributed by atoms with Gasteiger partial charge in [0, 0.05) is 6.07 Å². The van der Waals surface area contributed by atoms with Crippen LogP contribution in [0.15, 0.2) is 42.5 Å². The van der Waals surface area contributed by atoms with Gasteiger partial charge in [-0.25, -0.2) is 9.37 Å². The molecule has 0 aliphatic heterocycles. The van der Waals surface area contributed by atoms with Gasteiger partial charge in [0.1, 0.15) is 17.4 Å². The van der Waals surface area contributed by atoms with Gasteiger partial charge in [0.05, 0.1) is 23.7 Å². The molecule has 18 heavy (non-hydrogen) atoms. The molecule has 0 saturated heterocycles. The number of ether oxygens (including phenoxy) is 1. The number of hydrogen-bond donors (Lipinski definition) is 1. The van der Waals surface area contributed by atoms with E-state index in [4.69, 9.17) is 4.74 Å². The summed E-state index contributed by atoms with van der Waals surface area (Å²) in [5, 5.41) is 0. The Balaban J connectivity index is 2.17. The molecule has 0 aliphatic rings. The molecule has 0 atom stereocenters. The third-order valence-corrected chi connectivity index (χ3v) is 2.82. The molecule has 1 N–H and O–H groups in total. The molecule has 0 radical (unpaired) electrons. The number of hydrogen-bond acceptors (Lipinski definition) is 2. The van der Waals surface area contributed by atoms with Crippen LogP contribution in [0, 0.1) is 5.82 Å². The third kappa shape index (κ3) is 1.72. The highest BCUT2D eigenvalue weighted by atomic mass is 19.1. The van der Waals surface area contributed by atoms with E-state index < -0.39 is 0 Å². The van der Waals surface area contributed by atoms with Gasteiger partial charge in [-0.3, -0.25) is 0 Å². The Bertz CT molecular complexity index is 706. The fourth-order valence-corrected chi connectivity index (χ4v) is 1.90. The van der Waals surface area contributed by atoms with Crippen molar-refractivity contribution in [2.75, 3.05) is 7.11 Å². The van der Waals surface area contributed by atoms with Crippen molar-refractivity contribution in [2.45, 2.75) is 0 Å². The Kier molecular flexibility index (Phi) is 2.48. The molecule has 0 fully saturated rings. The van der Waals surface area contributed by atoms with Crippen molar-refractivity contribution in [2.24, 2.45) is 0 Å². The first-order valence-electron chi connectivity index (χ1n) is 5.56. The lowest BCUT2D eigenvalue weighted by Crippen LogP contribution is -1.84. The van der Waals surface area contributed by atoms with Crippen molar-refractivity contribution in [3.63, 3.8) is 0 Å². The molecule has 0 saturated carbocycles. The summed E-state index contributed by atoms with van der Waals surface area (Å²) < 4.78 is 18.8. The molecule has 3 rings (SSSR count). The molecule has 0 unspecified atom stereocenters. The molecule has 4 heteroatoms. The number of nitrogens with one attached hydrogen (secondary N) is 1. The van der Waals surface area contributed by atoms with E-state index in [0.717, 1.165) is 16.8 Å². The Labute approximate surface area is 103 Å². The number of H-pyrrole nitrogens is 1. The Morgan fingerprint density at radius 2 is 2.00 bits per heavy atom. The number of benzene rings is 2. The molecule has 3 aromatic rings. The quantitative estimate of drug-likeness (QED) is 0.748. The predicted molar refractivity (Wildman–Crippen MR) is 68.0 cm³/mol. The maximum atomic E-state index is 13.7. The van der Waals surface area contributed by atoms with Gasteiger partial charge in [0.2, 0.25) is 0 Å². The second-order valence-corrected chi connectivity index (χ2v) is 3.95. The van der Waals surface area contributed by atoms with E-state index in [1.54, 1.807) is 25.3 Å². The molecule has 90 valence electrons. The third-order valence-electron chi connectivity index (χ3n) is 2.82. The maximum Gasteiger partial charge on any atom is 0.141 e. The molecule has 1 aromatic heterocycles. The fourth-order valence-electron chi connectivity index (χ4n) is 1.90. The van der Waals surface area contributed by atoms with Gasteiger partial charge in [0.25, 0.3) is 0 Å². The molecule has 3 nitrogen and oxygen atoms in total. The molecule has 0 spiro atoms. The highest BCUT2D eigenvalue weighted by molar-refractivity contribution is 5.80. The second kappa shape index (κ2) is 4.14. The van der Waals surface area contributed by atoms with Crippen molar-refractivity contribution in [3.05, 3.63) is 48.3 Å². The normalized spacial score (nSPS) is 10.8. The smallest absolute Gasteiger partial charge is 0.141 e. The van der Waals surface area contributed by atoms with Crippen LogP contribution in [0.4, 0.5) is 4.39 Å². The summed E-state index contributed by atoms with van der Waals surface area (Å²) in [4.78, 5) is 7.46. The molecule has 0 aliphatic carbocycles. The average molecular weight is 242 g/mol. The number of aromatic nitrogens is 2. The topological polar surface area (TPSA) is 37.9 Å². The first-order chi connectivity index (χ1) is 8.78. The first kappa shape index (κ1) is 10.8. The van der Waals surface area contributed by atoms with Crippen LogP contribution in [0.2, 0.25) is 0 Å². The fraction of sp³-hybridized carbons (Fsp3) is 0.0714. The van der Waals surface area contributed by atoms with E-state index in [1.807, 2.05) is 18.2 Å². The Morgan fingerprint density at radius 3 is 2.78 bits per heavy atom. The van der Waals surface area contributed by atoms with Crippen LogP contribution in [0.1, 0.15) is 0 Å². The zero-order chi connectivity index (χ0) is 12.5. The monoisotopic (exact) mass is 242 g/mol. The van der Waals surface area contributed by atoms with Crippen LogP contribution in [-0.4, -0.2) is 17.1 Å². The highest BCUT2D eigenvalue weighted by Gasteiger charge is 2.09. The van der Waals surface area contributed by atoms with Crippen molar-refractivity contribution in [1.82, 2.24) is 9.97 Å². The van der Waals surface area contributed by atoms with Crippen molar-refractivity contribution in [1.29, 1.82) is 0 Å². The summed E-state index contributed by atoms with van der Waals surface area (Å²) in [6.45, 7) is 0. The largest absolute Gasteiger partial charge is 0.497 e.